The summed E-state index contributed by atoms with van der Waals surface area (Å²) in [5.41, 5.74) is 1.53. The number of hydrogen-bond donors (Lipinski definition) is 1. The number of carbonyl (C=O) groups is 1. The molecule has 2 aromatic heterocycles. The molecular formula is C20H23ClN4O3S2. The smallest absolute Gasteiger partial charge is 0.234 e. The van der Waals surface area contributed by atoms with E-state index in [2.05, 4.69) is 47.7 Å². The summed E-state index contributed by atoms with van der Waals surface area (Å²) in [5, 5.41) is 14.7. The summed E-state index contributed by atoms with van der Waals surface area (Å²) in [6.45, 7) is 6.20. The highest BCUT2D eigenvalue weighted by atomic mass is 35.5. The summed E-state index contributed by atoms with van der Waals surface area (Å²) in [6, 6.07) is 5.49. The van der Waals surface area contributed by atoms with Crippen molar-refractivity contribution in [1.82, 2.24) is 14.8 Å². The third-order valence-corrected chi connectivity index (χ3v) is 6.35. The van der Waals surface area contributed by atoms with Gasteiger partial charge in [0.15, 0.2) is 11.0 Å². The highest BCUT2D eigenvalue weighted by molar-refractivity contribution is 7.99. The number of nitrogens with zero attached hydrogens (tertiary/aromatic N) is 3. The van der Waals surface area contributed by atoms with Crippen LogP contribution in [-0.4, -0.2) is 40.6 Å². The SMILES string of the molecule is COc1cc(NC(=O)CSc2nnc(-c3csc(C)c3)n2C(C)C)c(OC)cc1Cl. The van der Waals surface area contributed by atoms with Crippen LogP contribution >= 0.6 is 34.7 Å². The summed E-state index contributed by atoms with van der Waals surface area (Å²) in [5.74, 6) is 1.69. The lowest BCUT2D eigenvalue weighted by Crippen LogP contribution is -2.15. The van der Waals surface area contributed by atoms with Gasteiger partial charge in [-0.25, -0.2) is 0 Å². The molecule has 3 aromatic rings. The van der Waals surface area contributed by atoms with Crippen LogP contribution in [0, 0.1) is 6.92 Å². The van der Waals surface area contributed by atoms with E-state index >= 15 is 0 Å². The second-order valence-electron chi connectivity index (χ2n) is 6.74. The minimum atomic E-state index is -0.200. The highest BCUT2D eigenvalue weighted by Crippen LogP contribution is 2.36. The van der Waals surface area contributed by atoms with Crippen molar-refractivity contribution in [2.45, 2.75) is 32.0 Å². The van der Waals surface area contributed by atoms with Gasteiger partial charge >= 0.3 is 0 Å². The number of nitrogens with one attached hydrogen (secondary N) is 1. The number of benzene rings is 1. The largest absolute Gasteiger partial charge is 0.495 e. The first-order chi connectivity index (χ1) is 14.3. The van der Waals surface area contributed by atoms with Crippen LogP contribution in [0.25, 0.3) is 11.4 Å². The lowest BCUT2D eigenvalue weighted by Gasteiger charge is -2.14. The monoisotopic (exact) mass is 466 g/mol. The quantitative estimate of drug-likeness (QED) is 0.454. The third-order valence-electron chi connectivity index (χ3n) is 4.25. The van der Waals surface area contributed by atoms with Crippen LogP contribution < -0.4 is 14.8 Å². The molecule has 160 valence electrons. The molecule has 7 nitrogen and oxygen atoms in total. The molecule has 0 aliphatic rings. The van der Waals surface area contributed by atoms with Crippen molar-refractivity contribution in [2.24, 2.45) is 0 Å². The van der Waals surface area contributed by atoms with Crippen LogP contribution in [0.1, 0.15) is 24.8 Å². The highest BCUT2D eigenvalue weighted by Gasteiger charge is 2.19. The van der Waals surface area contributed by atoms with E-state index in [1.165, 1.54) is 30.9 Å². The van der Waals surface area contributed by atoms with E-state index in [-0.39, 0.29) is 17.7 Å². The lowest BCUT2D eigenvalue weighted by atomic mass is 10.2. The first-order valence-corrected chi connectivity index (χ1v) is 11.4. The lowest BCUT2D eigenvalue weighted by molar-refractivity contribution is -0.113. The third kappa shape index (κ3) is 4.91. The number of anilines is 1. The zero-order valence-electron chi connectivity index (χ0n) is 17.4. The van der Waals surface area contributed by atoms with Crippen LogP contribution in [0.2, 0.25) is 5.02 Å². The van der Waals surface area contributed by atoms with Gasteiger partial charge in [-0.1, -0.05) is 23.4 Å². The van der Waals surface area contributed by atoms with Gasteiger partial charge in [0.05, 0.1) is 30.7 Å². The standard InChI is InChI=1S/C20H23ClN4O3S2/c1-11(2)25-19(13-6-12(3)29-9-13)23-24-20(25)30-10-18(26)22-15-8-16(27-4)14(21)7-17(15)28-5/h6-9,11H,10H2,1-5H3,(H,22,26). The van der Waals surface area contributed by atoms with Crippen molar-refractivity contribution in [2.75, 3.05) is 25.3 Å². The molecular weight excluding hydrogens is 444 g/mol. The Bertz CT molecular complexity index is 1050. The van der Waals surface area contributed by atoms with Crippen molar-refractivity contribution >= 4 is 46.3 Å². The molecule has 0 spiro atoms. The maximum atomic E-state index is 12.6. The summed E-state index contributed by atoms with van der Waals surface area (Å²) in [6.07, 6.45) is 0. The molecule has 0 saturated carbocycles. The van der Waals surface area contributed by atoms with Crippen LogP contribution in [0.5, 0.6) is 11.5 Å². The van der Waals surface area contributed by atoms with Gasteiger partial charge in [0.2, 0.25) is 5.91 Å². The van der Waals surface area contributed by atoms with E-state index in [9.17, 15) is 4.79 Å². The number of aryl methyl sites for hydroxylation is 1. The van der Waals surface area contributed by atoms with Gasteiger partial charge in [-0.05, 0) is 26.8 Å². The van der Waals surface area contributed by atoms with Crippen LogP contribution in [0.4, 0.5) is 5.69 Å². The molecule has 0 atom stereocenters. The zero-order valence-corrected chi connectivity index (χ0v) is 19.7. The molecule has 3 rings (SSSR count). The number of amides is 1. The molecule has 0 unspecified atom stereocenters. The van der Waals surface area contributed by atoms with Crippen molar-refractivity contribution in [1.29, 1.82) is 0 Å². The molecule has 1 amide bonds. The molecule has 0 radical (unpaired) electrons. The minimum absolute atomic E-state index is 0.154. The van der Waals surface area contributed by atoms with Gasteiger partial charge in [-0.2, -0.15) is 0 Å². The van der Waals surface area contributed by atoms with Gasteiger partial charge in [0, 0.05) is 34.0 Å². The number of thioether (sulfide) groups is 1. The van der Waals surface area contributed by atoms with E-state index in [0.29, 0.717) is 27.4 Å². The number of ether oxygens (including phenoxy) is 2. The average molecular weight is 467 g/mol. The molecule has 1 N–H and O–H groups in total. The Kier molecular flexibility index (Phi) is 7.27. The van der Waals surface area contributed by atoms with Crippen LogP contribution in [-0.2, 0) is 4.79 Å². The van der Waals surface area contributed by atoms with Crippen LogP contribution in [0.15, 0.2) is 28.7 Å². The Hall–Kier alpha value is -2.23. The normalized spacial score (nSPS) is 11.0. The molecule has 30 heavy (non-hydrogen) atoms. The second kappa shape index (κ2) is 9.72. The minimum Gasteiger partial charge on any atom is -0.495 e. The number of thiophene rings is 1. The summed E-state index contributed by atoms with van der Waals surface area (Å²) < 4.78 is 12.6. The van der Waals surface area contributed by atoms with Crippen molar-refractivity contribution in [3.05, 3.63) is 33.5 Å². The summed E-state index contributed by atoms with van der Waals surface area (Å²) in [7, 11) is 3.03. The van der Waals surface area contributed by atoms with Crippen molar-refractivity contribution in [3.8, 4) is 22.9 Å². The maximum Gasteiger partial charge on any atom is 0.234 e. The fourth-order valence-electron chi connectivity index (χ4n) is 2.87. The molecule has 0 aliphatic heterocycles. The Morgan fingerprint density at radius 1 is 1.23 bits per heavy atom. The molecule has 10 heteroatoms. The first-order valence-electron chi connectivity index (χ1n) is 9.18. The Morgan fingerprint density at radius 3 is 2.57 bits per heavy atom. The fraction of sp³-hybridized carbons (Fsp3) is 0.350. The first kappa shape index (κ1) is 22.5. The summed E-state index contributed by atoms with van der Waals surface area (Å²) >= 11 is 9.13. The molecule has 1 aromatic carbocycles. The second-order valence-corrected chi connectivity index (χ2v) is 9.20. The van der Waals surface area contributed by atoms with Gasteiger partial charge in [-0.15, -0.1) is 21.5 Å². The number of aromatic nitrogens is 3. The van der Waals surface area contributed by atoms with Crippen molar-refractivity contribution < 1.29 is 14.3 Å². The number of carbonyl (C=O) groups excluding carboxylic acids is 1. The molecule has 0 saturated heterocycles. The number of methoxy groups -OCH3 is 2. The topological polar surface area (TPSA) is 78.3 Å². The average Bonchev–Trinajstić information content (AvgIpc) is 3.33. The van der Waals surface area contributed by atoms with Crippen molar-refractivity contribution in [3.63, 3.8) is 0 Å². The number of halogens is 1. The molecule has 0 bridgehead atoms. The Morgan fingerprint density at radius 2 is 1.97 bits per heavy atom. The van der Waals surface area contributed by atoms with E-state index in [1.54, 1.807) is 23.5 Å². The fourth-order valence-corrected chi connectivity index (χ4v) is 4.65. The maximum absolute atomic E-state index is 12.6. The molecule has 0 aliphatic carbocycles. The van der Waals surface area contributed by atoms with Gasteiger partial charge in [0.25, 0.3) is 0 Å². The number of hydrogen-bond acceptors (Lipinski definition) is 7. The van der Waals surface area contributed by atoms with Gasteiger partial charge in [0.1, 0.15) is 11.5 Å². The van der Waals surface area contributed by atoms with E-state index < -0.39 is 0 Å². The zero-order chi connectivity index (χ0) is 21.8. The number of rotatable bonds is 8. The summed E-state index contributed by atoms with van der Waals surface area (Å²) in [4.78, 5) is 13.8. The van der Waals surface area contributed by atoms with E-state index in [0.717, 1.165) is 11.4 Å². The molecule has 0 fully saturated rings. The van der Waals surface area contributed by atoms with E-state index in [1.807, 2.05) is 4.57 Å². The van der Waals surface area contributed by atoms with E-state index in [4.69, 9.17) is 21.1 Å². The Balaban J connectivity index is 1.75. The Labute approximate surface area is 188 Å². The molecule has 2 heterocycles. The van der Waals surface area contributed by atoms with Crippen LogP contribution in [0.3, 0.4) is 0 Å². The predicted octanol–water partition coefficient (Wildman–Crippen LogP) is 5.30. The van der Waals surface area contributed by atoms with Gasteiger partial charge < -0.3 is 14.8 Å². The van der Waals surface area contributed by atoms with Gasteiger partial charge in [-0.3, -0.25) is 9.36 Å². The predicted molar refractivity (Wildman–Crippen MR) is 122 cm³/mol.